The lowest BCUT2D eigenvalue weighted by Crippen LogP contribution is -2.44. The van der Waals surface area contributed by atoms with Crippen LogP contribution in [-0.2, 0) is 9.59 Å². The van der Waals surface area contributed by atoms with Gasteiger partial charge in [0.15, 0.2) is 0 Å². The molecule has 8 heteroatoms. The van der Waals surface area contributed by atoms with Gasteiger partial charge in [-0.05, 0) is 80.7 Å². The zero-order valence-corrected chi connectivity index (χ0v) is 20.9. The fourth-order valence-electron chi connectivity index (χ4n) is 4.82. The summed E-state index contributed by atoms with van der Waals surface area (Å²) in [4.78, 5) is 27.2. The molecule has 2 aliphatic heterocycles. The van der Waals surface area contributed by atoms with E-state index in [4.69, 9.17) is 20.3 Å². The van der Waals surface area contributed by atoms with Crippen molar-refractivity contribution in [2.24, 2.45) is 16.8 Å². The maximum absolute atomic E-state index is 13.6. The first-order valence-corrected chi connectivity index (χ1v) is 12.0. The Labute approximate surface area is 206 Å². The van der Waals surface area contributed by atoms with Crippen molar-refractivity contribution in [2.75, 3.05) is 33.9 Å². The molecule has 0 bridgehead atoms. The average Bonchev–Trinajstić information content (AvgIpc) is 3.31. The van der Waals surface area contributed by atoms with E-state index in [2.05, 4.69) is 36.9 Å². The number of nitrogens with zero attached hydrogens (tertiary/aromatic N) is 3. The van der Waals surface area contributed by atoms with Gasteiger partial charge >= 0.3 is 0 Å². The molecule has 0 aliphatic carbocycles. The van der Waals surface area contributed by atoms with Gasteiger partial charge in [-0.25, -0.2) is 5.01 Å². The fourth-order valence-corrected chi connectivity index (χ4v) is 4.82. The molecule has 4 rings (SSSR count). The number of hydrazone groups is 1. The summed E-state index contributed by atoms with van der Waals surface area (Å²) in [5, 5.41) is 6.43. The SMILES string of the molecule is COc1ccc(OC)c(C2CC(c3ccc(C)c(C)c3)=NN2C(=O)CN2CCC(C(N)=O)CC2)c1. The Balaban J connectivity index is 1.63. The van der Waals surface area contributed by atoms with Crippen LogP contribution in [0.15, 0.2) is 41.5 Å². The smallest absolute Gasteiger partial charge is 0.257 e. The van der Waals surface area contributed by atoms with Gasteiger partial charge < -0.3 is 15.2 Å². The molecule has 2 aromatic rings. The highest BCUT2D eigenvalue weighted by Crippen LogP contribution is 2.39. The molecular weight excluding hydrogens is 444 g/mol. The minimum absolute atomic E-state index is 0.0868. The van der Waals surface area contributed by atoms with Gasteiger partial charge in [-0.15, -0.1) is 0 Å². The number of piperidine rings is 1. The molecule has 1 saturated heterocycles. The van der Waals surface area contributed by atoms with Crippen molar-refractivity contribution in [3.8, 4) is 11.5 Å². The lowest BCUT2D eigenvalue weighted by molar-refractivity contribution is -0.134. The van der Waals surface area contributed by atoms with Crippen molar-refractivity contribution in [3.05, 3.63) is 58.7 Å². The van der Waals surface area contributed by atoms with Crippen LogP contribution in [0.5, 0.6) is 11.5 Å². The topological polar surface area (TPSA) is 97.5 Å². The number of methoxy groups -OCH3 is 2. The number of ether oxygens (including phenoxy) is 2. The highest BCUT2D eigenvalue weighted by atomic mass is 16.5. The van der Waals surface area contributed by atoms with Gasteiger partial charge in [-0.2, -0.15) is 5.10 Å². The highest BCUT2D eigenvalue weighted by molar-refractivity contribution is 6.03. The average molecular weight is 479 g/mol. The number of likely N-dealkylation sites (tertiary alicyclic amines) is 1. The molecule has 0 aromatic heterocycles. The highest BCUT2D eigenvalue weighted by Gasteiger charge is 2.36. The van der Waals surface area contributed by atoms with Gasteiger partial charge in [0.1, 0.15) is 11.5 Å². The van der Waals surface area contributed by atoms with E-state index in [0.717, 1.165) is 16.8 Å². The number of nitrogens with two attached hydrogens (primary N) is 1. The second-order valence-corrected chi connectivity index (χ2v) is 9.36. The Bertz CT molecular complexity index is 1140. The quantitative estimate of drug-likeness (QED) is 0.659. The molecule has 1 atom stereocenters. The van der Waals surface area contributed by atoms with Gasteiger partial charge in [0, 0.05) is 17.9 Å². The van der Waals surface area contributed by atoms with E-state index >= 15 is 0 Å². The first-order valence-electron chi connectivity index (χ1n) is 12.0. The molecule has 1 fully saturated rings. The molecule has 2 heterocycles. The summed E-state index contributed by atoms with van der Waals surface area (Å²) in [6.45, 7) is 5.71. The van der Waals surface area contributed by atoms with Gasteiger partial charge in [-0.1, -0.05) is 12.1 Å². The molecule has 2 aromatic carbocycles. The predicted molar refractivity (Wildman–Crippen MR) is 135 cm³/mol. The number of amides is 2. The van der Waals surface area contributed by atoms with Crippen LogP contribution in [0.4, 0.5) is 0 Å². The summed E-state index contributed by atoms with van der Waals surface area (Å²) in [6, 6.07) is 11.6. The molecule has 0 spiro atoms. The number of hydrogen-bond acceptors (Lipinski definition) is 6. The van der Waals surface area contributed by atoms with E-state index in [0.29, 0.717) is 43.9 Å². The fraction of sp³-hybridized carbons (Fsp3) is 0.444. The summed E-state index contributed by atoms with van der Waals surface area (Å²) in [5.41, 5.74) is 10.6. The third kappa shape index (κ3) is 5.32. The summed E-state index contributed by atoms with van der Waals surface area (Å²) in [7, 11) is 3.25. The molecule has 1 unspecified atom stereocenters. The lowest BCUT2D eigenvalue weighted by atomic mass is 9.95. The minimum Gasteiger partial charge on any atom is -0.497 e. The number of primary amides is 1. The third-order valence-corrected chi connectivity index (χ3v) is 7.15. The maximum Gasteiger partial charge on any atom is 0.257 e. The van der Waals surface area contributed by atoms with E-state index in [1.54, 1.807) is 19.2 Å². The van der Waals surface area contributed by atoms with Crippen molar-refractivity contribution in [2.45, 2.75) is 39.2 Å². The number of carbonyl (C=O) groups is 2. The predicted octanol–water partition coefficient (Wildman–Crippen LogP) is 3.20. The summed E-state index contributed by atoms with van der Waals surface area (Å²) >= 11 is 0. The lowest BCUT2D eigenvalue weighted by Gasteiger charge is -2.31. The number of hydrogen-bond donors (Lipinski definition) is 1. The van der Waals surface area contributed by atoms with Crippen molar-refractivity contribution in [1.29, 1.82) is 0 Å². The van der Waals surface area contributed by atoms with Crippen LogP contribution < -0.4 is 15.2 Å². The molecular formula is C27H34N4O4. The van der Waals surface area contributed by atoms with Gasteiger partial charge in [0.05, 0.1) is 32.5 Å². The molecule has 0 saturated carbocycles. The Morgan fingerprint density at radius 3 is 2.40 bits per heavy atom. The van der Waals surface area contributed by atoms with Gasteiger partial charge in [-0.3, -0.25) is 14.5 Å². The summed E-state index contributed by atoms with van der Waals surface area (Å²) in [5.74, 6) is 0.921. The van der Waals surface area contributed by atoms with Crippen LogP contribution in [0.3, 0.4) is 0 Å². The van der Waals surface area contributed by atoms with Crippen molar-refractivity contribution in [1.82, 2.24) is 9.91 Å². The number of carbonyl (C=O) groups excluding carboxylic acids is 2. The van der Waals surface area contributed by atoms with E-state index in [9.17, 15) is 9.59 Å². The van der Waals surface area contributed by atoms with Gasteiger partial charge in [0.25, 0.3) is 5.91 Å². The summed E-state index contributed by atoms with van der Waals surface area (Å²) < 4.78 is 11.1. The third-order valence-electron chi connectivity index (χ3n) is 7.15. The number of benzene rings is 2. The van der Waals surface area contributed by atoms with E-state index < -0.39 is 0 Å². The van der Waals surface area contributed by atoms with Crippen LogP contribution in [0.2, 0.25) is 0 Å². The van der Waals surface area contributed by atoms with Crippen molar-refractivity contribution in [3.63, 3.8) is 0 Å². The van der Waals surface area contributed by atoms with Crippen LogP contribution in [0.1, 0.15) is 47.6 Å². The standard InChI is InChI=1S/C27H34N4O4/c1-17-5-6-20(13-18(17)2)23-15-24(22-14-21(34-3)7-8-25(22)35-4)31(29-23)26(32)16-30-11-9-19(10-12-30)27(28)33/h5-8,13-14,19,24H,9-12,15-16H2,1-4H3,(H2,28,33). The van der Waals surface area contributed by atoms with E-state index in [1.165, 1.54) is 11.1 Å². The molecule has 2 amide bonds. The molecule has 186 valence electrons. The van der Waals surface area contributed by atoms with Crippen LogP contribution >= 0.6 is 0 Å². The molecule has 2 aliphatic rings. The first kappa shape index (κ1) is 24.7. The normalized spacial score (nSPS) is 18.9. The largest absolute Gasteiger partial charge is 0.497 e. The molecule has 0 radical (unpaired) electrons. The Kier molecular flexibility index (Phi) is 7.40. The van der Waals surface area contributed by atoms with Crippen molar-refractivity contribution >= 4 is 17.5 Å². The second-order valence-electron chi connectivity index (χ2n) is 9.36. The zero-order valence-electron chi connectivity index (χ0n) is 20.9. The van der Waals surface area contributed by atoms with Crippen molar-refractivity contribution < 1.29 is 19.1 Å². The maximum atomic E-state index is 13.6. The molecule has 8 nitrogen and oxygen atoms in total. The van der Waals surface area contributed by atoms with Crippen LogP contribution in [-0.4, -0.2) is 61.3 Å². The monoisotopic (exact) mass is 478 g/mol. The second kappa shape index (κ2) is 10.5. The Hall–Kier alpha value is -3.39. The van der Waals surface area contributed by atoms with E-state index in [-0.39, 0.29) is 30.3 Å². The van der Waals surface area contributed by atoms with Gasteiger partial charge in [0.2, 0.25) is 5.91 Å². The van der Waals surface area contributed by atoms with Crippen LogP contribution in [0, 0.1) is 19.8 Å². The van der Waals surface area contributed by atoms with E-state index in [1.807, 2.05) is 18.2 Å². The molecule has 35 heavy (non-hydrogen) atoms. The molecule has 2 N–H and O–H groups in total. The first-order chi connectivity index (χ1) is 16.8. The van der Waals surface area contributed by atoms with Crippen LogP contribution in [0.25, 0.3) is 0 Å². The minimum atomic E-state index is -0.313. The zero-order chi connectivity index (χ0) is 25.1. The summed E-state index contributed by atoms with van der Waals surface area (Å²) in [6.07, 6.45) is 1.92. The Morgan fingerprint density at radius 2 is 1.77 bits per heavy atom. The number of rotatable bonds is 7. The number of aryl methyl sites for hydroxylation is 2. The Morgan fingerprint density at radius 1 is 1.03 bits per heavy atom.